The minimum absolute atomic E-state index is 0.412. The maximum atomic E-state index is 12.3. The summed E-state index contributed by atoms with van der Waals surface area (Å²) in [5, 5.41) is 8.63. The van der Waals surface area contributed by atoms with Gasteiger partial charge in [-0.2, -0.15) is 13.2 Å². The summed E-state index contributed by atoms with van der Waals surface area (Å²) in [6.07, 6.45) is -5.98. The van der Waals surface area contributed by atoms with Crippen LogP contribution >= 0.6 is 0 Å². The molecule has 0 aliphatic heterocycles. The molecular formula is C12H13F3O2. The number of carboxylic acid groups (broad SMARTS) is 1. The van der Waals surface area contributed by atoms with Gasteiger partial charge in [0.2, 0.25) is 0 Å². The lowest BCUT2D eigenvalue weighted by atomic mass is 9.92. The Hall–Kier alpha value is -1.52. The molecule has 0 heterocycles. The third-order valence-electron chi connectivity index (χ3n) is 2.45. The molecule has 1 unspecified atom stereocenters. The number of hydrogen-bond acceptors (Lipinski definition) is 1. The van der Waals surface area contributed by atoms with Gasteiger partial charge < -0.3 is 5.11 Å². The number of carbonyl (C=O) groups is 1. The number of rotatable bonds is 4. The lowest BCUT2D eigenvalue weighted by Crippen LogP contribution is -2.16. The zero-order valence-corrected chi connectivity index (χ0v) is 9.29. The first-order chi connectivity index (χ1) is 7.78. The normalized spacial score (nSPS) is 13.4. The van der Waals surface area contributed by atoms with Gasteiger partial charge in [-0.15, -0.1) is 0 Å². The first kappa shape index (κ1) is 13.5. The Labute approximate surface area is 97.1 Å². The van der Waals surface area contributed by atoms with Crippen LogP contribution in [0.15, 0.2) is 24.3 Å². The van der Waals surface area contributed by atoms with Crippen molar-refractivity contribution in [1.82, 2.24) is 0 Å². The second-order valence-electron chi connectivity index (χ2n) is 4.02. The monoisotopic (exact) mass is 246 g/mol. The number of carboxylic acids is 1. The highest BCUT2D eigenvalue weighted by atomic mass is 19.4. The quantitative estimate of drug-likeness (QED) is 0.882. The second-order valence-corrected chi connectivity index (χ2v) is 4.02. The van der Waals surface area contributed by atoms with Crippen LogP contribution < -0.4 is 0 Å². The van der Waals surface area contributed by atoms with Crippen molar-refractivity contribution in [1.29, 1.82) is 0 Å². The fourth-order valence-corrected chi connectivity index (χ4v) is 1.64. The topological polar surface area (TPSA) is 37.3 Å². The van der Waals surface area contributed by atoms with E-state index >= 15 is 0 Å². The second kappa shape index (κ2) is 5.21. The maximum Gasteiger partial charge on any atom is 0.389 e. The number of aliphatic carboxylic acids is 1. The minimum atomic E-state index is -4.36. The van der Waals surface area contributed by atoms with Gasteiger partial charge >= 0.3 is 12.1 Å². The average Bonchev–Trinajstić information content (AvgIpc) is 2.14. The van der Waals surface area contributed by atoms with E-state index in [1.165, 1.54) is 0 Å². The van der Waals surface area contributed by atoms with E-state index < -0.39 is 30.9 Å². The van der Waals surface area contributed by atoms with Crippen molar-refractivity contribution in [2.75, 3.05) is 0 Å². The molecule has 0 aromatic heterocycles. The van der Waals surface area contributed by atoms with Crippen molar-refractivity contribution in [3.63, 3.8) is 0 Å². The molecule has 17 heavy (non-hydrogen) atoms. The SMILES string of the molecule is Cc1ccc(C(CC(=O)O)CC(F)(F)F)cc1. The Morgan fingerprint density at radius 1 is 1.29 bits per heavy atom. The van der Waals surface area contributed by atoms with E-state index in [-0.39, 0.29) is 0 Å². The van der Waals surface area contributed by atoms with Crippen LogP contribution in [0.3, 0.4) is 0 Å². The predicted molar refractivity (Wildman–Crippen MR) is 56.8 cm³/mol. The maximum absolute atomic E-state index is 12.3. The van der Waals surface area contributed by atoms with Gasteiger partial charge in [-0.3, -0.25) is 4.79 Å². The standard InChI is InChI=1S/C12H13F3O2/c1-8-2-4-9(5-3-8)10(6-11(16)17)7-12(13,14)15/h2-5,10H,6-7H2,1H3,(H,16,17). The van der Waals surface area contributed by atoms with Crippen molar-refractivity contribution >= 4 is 5.97 Å². The van der Waals surface area contributed by atoms with Gasteiger partial charge in [-0.05, 0) is 12.5 Å². The average molecular weight is 246 g/mol. The minimum Gasteiger partial charge on any atom is -0.481 e. The molecule has 0 saturated carbocycles. The molecule has 0 saturated heterocycles. The van der Waals surface area contributed by atoms with Crippen molar-refractivity contribution < 1.29 is 23.1 Å². The Kier molecular flexibility index (Phi) is 4.15. The highest BCUT2D eigenvalue weighted by Gasteiger charge is 2.33. The number of aryl methyl sites for hydroxylation is 1. The first-order valence-corrected chi connectivity index (χ1v) is 5.13. The number of hydrogen-bond donors (Lipinski definition) is 1. The zero-order valence-electron chi connectivity index (χ0n) is 9.29. The largest absolute Gasteiger partial charge is 0.481 e. The van der Waals surface area contributed by atoms with Crippen LogP contribution in [0.4, 0.5) is 13.2 Å². The molecule has 0 aliphatic carbocycles. The molecule has 0 fully saturated rings. The summed E-state index contributed by atoms with van der Waals surface area (Å²) in [4.78, 5) is 10.6. The summed E-state index contributed by atoms with van der Waals surface area (Å²) in [7, 11) is 0. The molecule has 2 nitrogen and oxygen atoms in total. The van der Waals surface area contributed by atoms with Crippen LogP contribution in [0.1, 0.15) is 29.9 Å². The molecule has 1 atom stereocenters. The van der Waals surface area contributed by atoms with Crippen LogP contribution in [0.25, 0.3) is 0 Å². The molecule has 94 valence electrons. The van der Waals surface area contributed by atoms with Gasteiger partial charge in [-0.25, -0.2) is 0 Å². The van der Waals surface area contributed by atoms with E-state index in [4.69, 9.17) is 5.11 Å². The van der Waals surface area contributed by atoms with Crippen LogP contribution in [0.2, 0.25) is 0 Å². The Bertz CT molecular complexity index is 382. The summed E-state index contributed by atoms with van der Waals surface area (Å²) >= 11 is 0. The van der Waals surface area contributed by atoms with Crippen molar-refractivity contribution in [2.24, 2.45) is 0 Å². The van der Waals surface area contributed by atoms with E-state index in [2.05, 4.69) is 0 Å². The fourth-order valence-electron chi connectivity index (χ4n) is 1.64. The number of benzene rings is 1. The van der Waals surface area contributed by atoms with E-state index in [9.17, 15) is 18.0 Å². The molecule has 0 radical (unpaired) electrons. The first-order valence-electron chi connectivity index (χ1n) is 5.13. The van der Waals surface area contributed by atoms with Gasteiger partial charge in [0.1, 0.15) is 0 Å². The highest BCUT2D eigenvalue weighted by Crippen LogP contribution is 2.33. The van der Waals surface area contributed by atoms with Crippen molar-refractivity contribution in [3.8, 4) is 0 Å². The van der Waals surface area contributed by atoms with Gasteiger partial charge in [0.05, 0.1) is 12.8 Å². The highest BCUT2D eigenvalue weighted by molar-refractivity contribution is 5.68. The van der Waals surface area contributed by atoms with Gasteiger partial charge in [0, 0.05) is 5.92 Å². The lowest BCUT2D eigenvalue weighted by Gasteiger charge is -2.17. The molecule has 1 N–H and O–H groups in total. The molecular weight excluding hydrogens is 233 g/mol. The smallest absolute Gasteiger partial charge is 0.389 e. The Morgan fingerprint density at radius 2 is 1.82 bits per heavy atom. The summed E-state index contributed by atoms with van der Waals surface area (Å²) in [5.74, 6) is -2.24. The summed E-state index contributed by atoms with van der Waals surface area (Å²) < 4.78 is 37.0. The third kappa shape index (κ3) is 4.89. The molecule has 0 bridgehead atoms. The van der Waals surface area contributed by atoms with E-state index in [0.717, 1.165) is 5.56 Å². The molecule has 5 heteroatoms. The Morgan fingerprint density at radius 3 is 2.24 bits per heavy atom. The van der Waals surface area contributed by atoms with E-state index in [1.54, 1.807) is 24.3 Å². The predicted octanol–water partition coefficient (Wildman–Crippen LogP) is 3.51. The van der Waals surface area contributed by atoms with Gasteiger partial charge in [-0.1, -0.05) is 29.8 Å². The molecule has 0 amide bonds. The van der Waals surface area contributed by atoms with Crippen LogP contribution in [0, 0.1) is 6.92 Å². The van der Waals surface area contributed by atoms with Crippen molar-refractivity contribution in [2.45, 2.75) is 31.9 Å². The van der Waals surface area contributed by atoms with Crippen molar-refractivity contribution in [3.05, 3.63) is 35.4 Å². The van der Waals surface area contributed by atoms with Crippen LogP contribution in [-0.4, -0.2) is 17.3 Å². The Balaban J connectivity index is 2.89. The summed E-state index contributed by atoms with van der Waals surface area (Å²) in [6, 6.07) is 6.46. The van der Waals surface area contributed by atoms with E-state index in [0.29, 0.717) is 5.56 Å². The fraction of sp³-hybridized carbons (Fsp3) is 0.417. The van der Waals surface area contributed by atoms with E-state index in [1.807, 2.05) is 6.92 Å². The summed E-state index contributed by atoms with van der Waals surface area (Å²) in [5.41, 5.74) is 1.34. The third-order valence-corrected chi connectivity index (χ3v) is 2.45. The molecule has 1 aromatic carbocycles. The summed E-state index contributed by atoms with van der Waals surface area (Å²) in [6.45, 7) is 1.82. The molecule has 0 aliphatic rings. The molecule has 0 spiro atoms. The number of halogens is 3. The van der Waals surface area contributed by atoms with Gasteiger partial charge in [0.15, 0.2) is 0 Å². The number of alkyl halides is 3. The van der Waals surface area contributed by atoms with Crippen LogP contribution in [-0.2, 0) is 4.79 Å². The van der Waals surface area contributed by atoms with Crippen LogP contribution in [0.5, 0.6) is 0 Å². The molecule has 1 rings (SSSR count). The lowest BCUT2D eigenvalue weighted by molar-refractivity contribution is -0.145. The zero-order chi connectivity index (χ0) is 13.1. The molecule has 1 aromatic rings. The van der Waals surface area contributed by atoms with Gasteiger partial charge in [0.25, 0.3) is 0 Å².